The number of carbonyl (C=O) groups is 1. The summed E-state index contributed by atoms with van der Waals surface area (Å²) < 4.78 is 0. The Hall–Kier alpha value is -2.34. The molecule has 0 bridgehead atoms. The molecule has 2 rings (SSSR count). The van der Waals surface area contributed by atoms with Gasteiger partial charge in [0.05, 0.1) is 10.7 Å². The number of nitrogens with zero attached hydrogens (tertiary/aromatic N) is 1. The van der Waals surface area contributed by atoms with Crippen molar-refractivity contribution >= 4 is 23.4 Å². The minimum absolute atomic E-state index is 0.00663. The Balaban J connectivity index is 1.75. The molecule has 0 aliphatic carbocycles. The number of amides is 1. The fourth-order valence-electron chi connectivity index (χ4n) is 2.60. The Bertz CT molecular complexity index is 737. The van der Waals surface area contributed by atoms with Gasteiger partial charge in [0.1, 0.15) is 0 Å². The molecule has 0 heterocycles. The van der Waals surface area contributed by atoms with Gasteiger partial charge in [0.2, 0.25) is 5.91 Å². The molecule has 0 aliphatic heterocycles. The first kappa shape index (κ1) is 20.0. The van der Waals surface area contributed by atoms with Gasteiger partial charge in [-0.25, -0.2) is 0 Å². The molecule has 26 heavy (non-hydrogen) atoms. The molecule has 1 N–H and O–H groups in total. The maximum absolute atomic E-state index is 12.1. The van der Waals surface area contributed by atoms with Crippen molar-refractivity contribution in [2.45, 2.75) is 38.0 Å². The molecule has 5 nitrogen and oxygen atoms in total. The van der Waals surface area contributed by atoms with Gasteiger partial charge in [-0.3, -0.25) is 14.9 Å². The van der Waals surface area contributed by atoms with Crippen LogP contribution in [0.5, 0.6) is 0 Å². The standard InChI is InChI=1S/C20H24N2O3S/c1-15(11-12-17-7-4-3-5-8-17)21-20(23)14-26-16(2)18-9-6-10-19(13-18)22(24)25/h3-10,13,15-16H,11-12,14H2,1-2H3,(H,21,23)/t15-,16-/m1/s1. The second-order valence-electron chi connectivity index (χ2n) is 6.30. The van der Waals surface area contributed by atoms with Gasteiger partial charge in [0, 0.05) is 23.4 Å². The van der Waals surface area contributed by atoms with E-state index in [2.05, 4.69) is 17.4 Å². The van der Waals surface area contributed by atoms with Crippen molar-refractivity contribution in [2.24, 2.45) is 0 Å². The number of rotatable bonds is 9. The smallest absolute Gasteiger partial charge is 0.269 e. The van der Waals surface area contributed by atoms with Crippen molar-refractivity contribution in [3.63, 3.8) is 0 Å². The van der Waals surface area contributed by atoms with Crippen LogP contribution < -0.4 is 5.32 Å². The lowest BCUT2D eigenvalue weighted by Crippen LogP contribution is -2.34. The normalized spacial score (nSPS) is 13.0. The molecule has 0 aliphatic rings. The van der Waals surface area contributed by atoms with Gasteiger partial charge in [-0.1, -0.05) is 42.5 Å². The number of thioether (sulfide) groups is 1. The summed E-state index contributed by atoms with van der Waals surface area (Å²) in [6, 6.07) is 16.9. The summed E-state index contributed by atoms with van der Waals surface area (Å²) in [4.78, 5) is 22.6. The highest BCUT2D eigenvalue weighted by Crippen LogP contribution is 2.29. The van der Waals surface area contributed by atoms with Gasteiger partial charge in [0.15, 0.2) is 0 Å². The van der Waals surface area contributed by atoms with E-state index in [9.17, 15) is 14.9 Å². The van der Waals surface area contributed by atoms with Crippen molar-refractivity contribution in [3.05, 3.63) is 75.8 Å². The summed E-state index contributed by atoms with van der Waals surface area (Å²) in [6.07, 6.45) is 1.82. The van der Waals surface area contributed by atoms with Gasteiger partial charge in [-0.15, -0.1) is 11.8 Å². The summed E-state index contributed by atoms with van der Waals surface area (Å²) in [5, 5.41) is 13.9. The SMILES string of the molecule is C[C@H](CCc1ccccc1)NC(=O)CS[C@H](C)c1cccc([N+](=O)[O-])c1. The predicted molar refractivity (Wildman–Crippen MR) is 106 cm³/mol. The van der Waals surface area contributed by atoms with Gasteiger partial charge in [-0.2, -0.15) is 0 Å². The number of aryl methyl sites for hydroxylation is 1. The average molecular weight is 372 g/mol. The lowest BCUT2D eigenvalue weighted by atomic mass is 10.1. The Kier molecular flexibility index (Phi) is 7.66. The van der Waals surface area contributed by atoms with Gasteiger partial charge < -0.3 is 5.32 Å². The molecule has 138 valence electrons. The number of carbonyl (C=O) groups excluding carboxylic acids is 1. The van der Waals surface area contributed by atoms with Gasteiger partial charge in [-0.05, 0) is 37.8 Å². The van der Waals surface area contributed by atoms with Crippen LogP contribution in [0.1, 0.15) is 36.6 Å². The molecule has 2 atom stereocenters. The fourth-order valence-corrected chi connectivity index (χ4v) is 3.43. The maximum Gasteiger partial charge on any atom is 0.269 e. The minimum Gasteiger partial charge on any atom is -0.353 e. The second kappa shape index (κ2) is 9.97. The Morgan fingerprint density at radius 1 is 1.15 bits per heavy atom. The van der Waals surface area contributed by atoms with Gasteiger partial charge >= 0.3 is 0 Å². The molecule has 0 unspecified atom stereocenters. The molecule has 2 aromatic carbocycles. The summed E-state index contributed by atoms with van der Waals surface area (Å²) in [5.74, 6) is 0.326. The first-order valence-electron chi connectivity index (χ1n) is 8.65. The Morgan fingerprint density at radius 3 is 2.58 bits per heavy atom. The Labute approximate surface area is 158 Å². The van der Waals surface area contributed by atoms with Crippen LogP contribution in [-0.2, 0) is 11.2 Å². The fraction of sp³-hybridized carbons (Fsp3) is 0.350. The van der Waals surface area contributed by atoms with E-state index in [0.717, 1.165) is 18.4 Å². The number of benzene rings is 2. The third-order valence-corrected chi connectivity index (χ3v) is 5.33. The van der Waals surface area contributed by atoms with Crippen LogP contribution in [0.4, 0.5) is 5.69 Å². The molecule has 1 amide bonds. The molecule has 0 saturated carbocycles. The van der Waals surface area contributed by atoms with Crippen LogP contribution >= 0.6 is 11.8 Å². The highest BCUT2D eigenvalue weighted by Gasteiger charge is 2.14. The highest BCUT2D eigenvalue weighted by molar-refractivity contribution is 8.00. The van der Waals surface area contributed by atoms with Gasteiger partial charge in [0.25, 0.3) is 5.69 Å². The molecule has 0 fully saturated rings. The monoisotopic (exact) mass is 372 g/mol. The second-order valence-corrected chi connectivity index (χ2v) is 7.63. The van der Waals surface area contributed by atoms with Crippen LogP contribution in [0.15, 0.2) is 54.6 Å². The molecule has 0 saturated heterocycles. The first-order valence-corrected chi connectivity index (χ1v) is 9.70. The zero-order valence-corrected chi connectivity index (χ0v) is 15.9. The molecule has 0 spiro atoms. The lowest BCUT2D eigenvalue weighted by Gasteiger charge is -2.15. The molecule has 0 radical (unpaired) electrons. The zero-order valence-electron chi connectivity index (χ0n) is 15.1. The van der Waals surface area contributed by atoms with Crippen LogP contribution in [0.3, 0.4) is 0 Å². The number of nitrogens with one attached hydrogen (secondary N) is 1. The first-order chi connectivity index (χ1) is 12.5. The van der Waals surface area contributed by atoms with E-state index in [0.29, 0.717) is 5.75 Å². The van der Waals surface area contributed by atoms with Crippen molar-refractivity contribution in [1.82, 2.24) is 5.32 Å². The summed E-state index contributed by atoms with van der Waals surface area (Å²) in [6.45, 7) is 3.96. The van der Waals surface area contributed by atoms with Crippen LogP contribution in [0.2, 0.25) is 0 Å². The van der Waals surface area contributed by atoms with Crippen LogP contribution in [0, 0.1) is 10.1 Å². The number of hydrogen-bond acceptors (Lipinski definition) is 4. The van der Waals surface area contributed by atoms with E-state index in [1.807, 2.05) is 38.1 Å². The van der Waals surface area contributed by atoms with Crippen LogP contribution in [0.25, 0.3) is 0 Å². The number of hydrogen-bond donors (Lipinski definition) is 1. The third kappa shape index (κ3) is 6.52. The number of nitro benzene ring substituents is 1. The summed E-state index contributed by atoms with van der Waals surface area (Å²) in [7, 11) is 0. The predicted octanol–water partition coefficient (Wildman–Crippen LogP) is 4.53. The number of nitro groups is 1. The summed E-state index contributed by atoms with van der Waals surface area (Å²) >= 11 is 1.48. The molecular weight excluding hydrogens is 348 g/mol. The Morgan fingerprint density at radius 2 is 1.88 bits per heavy atom. The van der Waals surface area contributed by atoms with E-state index < -0.39 is 4.92 Å². The van der Waals surface area contributed by atoms with Crippen LogP contribution in [-0.4, -0.2) is 22.6 Å². The number of non-ortho nitro benzene ring substituents is 1. The maximum atomic E-state index is 12.1. The topological polar surface area (TPSA) is 72.2 Å². The van der Waals surface area contributed by atoms with E-state index >= 15 is 0 Å². The summed E-state index contributed by atoms with van der Waals surface area (Å²) in [5.41, 5.74) is 2.20. The highest BCUT2D eigenvalue weighted by atomic mass is 32.2. The zero-order chi connectivity index (χ0) is 18.9. The molecule has 6 heteroatoms. The quantitative estimate of drug-likeness (QED) is 0.519. The largest absolute Gasteiger partial charge is 0.353 e. The molecule has 2 aromatic rings. The average Bonchev–Trinajstić information content (AvgIpc) is 2.65. The van der Waals surface area contributed by atoms with Crippen molar-refractivity contribution in [1.29, 1.82) is 0 Å². The molecular formula is C20H24N2O3S. The van der Waals surface area contributed by atoms with E-state index in [4.69, 9.17) is 0 Å². The minimum atomic E-state index is -0.401. The van der Waals surface area contributed by atoms with E-state index in [1.165, 1.54) is 23.4 Å². The third-order valence-electron chi connectivity index (χ3n) is 4.13. The van der Waals surface area contributed by atoms with Crippen molar-refractivity contribution in [3.8, 4) is 0 Å². The van der Waals surface area contributed by atoms with Crippen molar-refractivity contribution in [2.75, 3.05) is 5.75 Å². The van der Waals surface area contributed by atoms with Crippen molar-refractivity contribution < 1.29 is 9.72 Å². The molecule has 0 aromatic heterocycles. The van der Waals surface area contributed by atoms with E-state index in [1.54, 1.807) is 12.1 Å². The van der Waals surface area contributed by atoms with E-state index in [-0.39, 0.29) is 22.9 Å². The lowest BCUT2D eigenvalue weighted by molar-refractivity contribution is -0.384.